The monoisotopic (exact) mass is 408 g/mol. The van der Waals surface area contributed by atoms with Gasteiger partial charge in [-0.15, -0.1) is 0 Å². The molecule has 0 radical (unpaired) electrons. The summed E-state index contributed by atoms with van der Waals surface area (Å²) in [6.07, 6.45) is 3.19. The van der Waals surface area contributed by atoms with Gasteiger partial charge in [-0.2, -0.15) is 0 Å². The topological polar surface area (TPSA) is 58.1 Å². The maximum absolute atomic E-state index is 12.5. The molecule has 5 heteroatoms. The lowest BCUT2D eigenvalue weighted by atomic mass is 10.1. The fraction of sp³-hybridized carbons (Fsp3) is 0.115. The lowest BCUT2D eigenvalue weighted by Gasteiger charge is -2.25. The lowest BCUT2D eigenvalue weighted by molar-refractivity contribution is 0.102. The molecule has 4 rings (SSSR count). The molecule has 154 valence electrons. The molecule has 31 heavy (non-hydrogen) atoms. The van der Waals surface area contributed by atoms with Gasteiger partial charge in [-0.1, -0.05) is 60.7 Å². The molecule has 0 aliphatic heterocycles. The number of anilines is 2. The molecule has 0 aliphatic carbocycles. The number of nitrogens with zero attached hydrogens (tertiary/aromatic N) is 3. The summed E-state index contributed by atoms with van der Waals surface area (Å²) in [7, 11) is 0. The van der Waals surface area contributed by atoms with E-state index in [0.717, 1.165) is 24.6 Å². The highest BCUT2D eigenvalue weighted by molar-refractivity contribution is 6.04. The maximum Gasteiger partial charge on any atom is 0.257 e. The minimum absolute atomic E-state index is 0.198. The Morgan fingerprint density at radius 1 is 0.839 bits per heavy atom. The van der Waals surface area contributed by atoms with Gasteiger partial charge >= 0.3 is 0 Å². The zero-order chi connectivity index (χ0) is 21.5. The average Bonchev–Trinajstić information content (AvgIpc) is 2.82. The molecule has 2 aromatic heterocycles. The summed E-state index contributed by atoms with van der Waals surface area (Å²) in [5.74, 6) is 0.667. The van der Waals surface area contributed by atoms with Crippen LogP contribution in [0.15, 0.2) is 97.3 Å². The van der Waals surface area contributed by atoms with Crippen LogP contribution in [0, 0.1) is 6.92 Å². The van der Waals surface area contributed by atoms with Gasteiger partial charge in [-0.25, -0.2) is 4.98 Å². The third kappa shape index (κ3) is 5.34. The highest BCUT2D eigenvalue weighted by Crippen LogP contribution is 2.23. The van der Waals surface area contributed by atoms with Crippen molar-refractivity contribution in [1.82, 2.24) is 9.97 Å². The molecule has 0 fully saturated rings. The van der Waals surface area contributed by atoms with Gasteiger partial charge in [0.25, 0.3) is 5.91 Å². The number of amides is 1. The molecule has 2 heterocycles. The smallest absolute Gasteiger partial charge is 0.257 e. The first kappa shape index (κ1) is 20.3. The van der Waals surface area contributed by atoms with Crippen LogP contribution in [0.3, 0.4) is 0 Å². The van der Waals surface area contributed by atoms with Gasteiger partial charge in [-0.05, 0) is 42.3 Å². The van der Waals surface area contributed by atoms with E-state index in [9.17, 15) is 4.79 Å². The first-order valence-electron chi connectivity index (χ1n) is 10.2. The molecule has 0 unspecified atom stereocenters. The van der Waals surface area contributed by atoms with Crippen molar-refractivity contribution in [3.05, 3.63) is 120 Å². The number of hydrogen-bond donors (Lipinski definition) is 1. The number of aryl methyl sites for hydroxylation is 1. The van der Waals surface area contributed by atoms with Gasteiger partial charge in [0, 0.05) is 25.5 Å². The molecule has 0 aliphatic rings. The van der Waals surface area contributed by atoms with Crippen LogP contribution in [-0.4, -0.2) is 15.9 Å². The van der Waals surface area contributed by atoms with E-state index in [2.05, 4.69) is 39.5 Å². The molecule has 0 bridgehead atoms. The van der Waals surface area contributed by atoms with E-state index in [4.69, 9.17) is 4.98 Å². The Labute approximate surface area is 182 Å². The van der Waals surface area contributed by atoms with Crippen LogP contribution in [0.25, 0.3) is 0 Å². The third-order valence-corrected chi connectivity index (χ3v) is 5.00. The molecule has 4 aromatic rings. The Morgan fingerprint density at radius 3 is 2.03 bits per heavy atom. The number of nitrogens with one attached hydrogen (secondary N) is 1. The number of hydrogen-bond acceptors (Lipinski definition) is 4. The van der Waals surface area contributed by atoms with E-state index >= 15 is 0 Å². The Kier molecular flexibility index (Phi) is 6.33. The summed E-state index contributed by atoms with van der Waals surface area (Å²) in [5.41, 5.74) is 4.40. The molecule has 1 N–H and O–H groups in total. The van der Waals surface area contributed by atoms with Crippen molar-refractivity contribution in [2.45, 2.75) is 20.0 Å². The van der Waals surface area contributed by atoms with Gasteiger partial charge < -0.3 is 10.2 Å². The Bertz CT molecular complexity index is 1090. The number of carbonyl (C=O) groups excluding carboxylic acids is 1. The molecule has 0 saturated heterocycles. The van der Waals surface area contributed by atoms with Crippen molar-refractivity contribution in [2.75, 3.05) is 10.2 Å². The summed E-state index contributed by atoms with van der Waals surface area (Å²) in [4.78, 5) is 23.5. The molecule has 0 saturated carbocycles. The maximum atomic E-state index is 12.5. The van der Waals surface area contributed by atoms with Crippen LogP contribution in [0.2, 0.25) is 0 Å². The quantitative estimate of drug-likeness (QED) is 0.454. The number of benzene rings is 2. The molecule has 0 spiro atoms. The molecular formula is C26H24N4O. The second-order valence-corrected chi connectivity index (χ2v) is 7.33. The van der Waals surface area contributed by atoms with E-state index < -0.39 is 0 Å². The predicted octanol–water partition coefficient (Wildman–Crippen LogP) is 5.24. The van der Waals surface area contributed by atoms with Crippen LogP contribution >= 0.6 is 0 Å². The summed E-state index contributed by atoms with van der Waals surface area (Å²) >= 11 is 0. The minimum Gasteiger partial charge on any atom is -0.348 e. The van der Waals surface area contributed by atoms with Crippen molar-refractivity contribution in [1.29, 1.82) is 0 Å². The van der Waals surface area contributed by atoms with E-state index in [1.807, 2.05) is 55.5 Å². The van der Waals surface area contributed by atoms with Gasteiger partial charge in [-0.3, -0.25) is 9.78 Å². The molecule has 0 atom stereocenters. The Hall–Kier alpha value is -3.99. The van der Waals surface area contributed by atoms with Gasteiger partial charge in [0.15, 0.2) is 0 Å². The fourth-order valence-electron chi connectivity index (χ4n) is 3.37. The Balaban J connectivity index is 1.57. The minimum atomic E-state index is -0.198. The standard InChI is InChI=1S/C26H24N4O/c1-20-24(29-26(31)23-13-8-16-27-17-23)14-15-25(28-20)30(18-21-9-4-2-5-10-21)19-22-11-6-3-7-12-22/h2-17H,18-19H2,1H3,(H,29,31). The first-order valence-corrected chi connectivity index (χ1v) is 10.2. The number of pyridine rings is 2. The highest BCUT2D eigenvalue weighted by atomic mass is 16.1. The van der Waals surface area contributed by atoms with Crippen LogP contribution in [0.1, 0.15) is 27.2 Å². The predicted molar refractivity (Wildman–Crippen MR) is 124 cm³/mol. The highest BCUT2D eigenvalue weighted by Gasteiger charge is 2.13. The van der Waals surface area contributed by atoms with E-state index in [1.54, 1.807) is 24.5 Å². The number of aromatic nitrogens is 2. The summed E-state index contributed by atoms with van der Waals surface area (Å²) < 4.78 is 0. The van der Waals surface area contributed by atoms with Crippen LogP contribution in [0.4, 0.5) is 11.5 Å². The van der Waals surface area contributed by atoms with Crippen LogP contribution < -0.4 is 10.2 Å². The molecular weight excluding hydrogens is 384 g/mol. The number of carbonyl (C=O) groups is 1. The summed E-state index contributed by atoms with van der Waals surface area (Å²) in [5, 5.41) is 2.93. The molecule has 5 nitrogen and oxygen atoms in total. The number of rotatable bonds is 7. The Morgan fingerprint density at radius 2 is 1.48 bits per heavy atom. The lowest BCUT2D eigenvalue weighted by Crippen LogP contribution is -2.23. The van der Waals surface area contributed by atoms with Crippen molar-refractivity contribution in [3.63, 3.8) is 0 Å². The summed E-state index contributed by atoms with van der Waals surface area (Å²) in [6, 6.07) is 28.1. The average molecular weight is 409 g/mol. The zero-order valence-electron chi connectivity index (χ0n) is 17.4. The van der Waals surface area contributed by atoms with Crippen LogP contribution in [-0.2, 0) is 13.1 Å². The van der Waals surface area contributed by atoms with Crippen molar-refractivity contribution in [2.24, 2.45) is 0 Å². The van der Waals surface area contributed by atoms with E-state index in [1.165, 1.54) is 11.1 Å². The second kappa shape index (κ2) is 9.67. The van der Waals surface area contributed by atoms with E-state index in [0.29, 0.717) is 11.3 Å². The third-order valence-electron chi connectivity index (χ3n) is 5.00. The van der Waals surface area contributed by atoms with Gasteiger partial charge in [0.1, 0.15) is 5.82 Å². The van der Waals surface area contributed by atoms with Crippen molar-refractivity contribution >= 4 is 17.4 Å². The van der Waals surface area contributed by atoms with E-state index in [-0.39, 0.29) is 5.91 Å². The molecule has 2 aromatic carbocycles. The normalized spacial score (nSPS) is 10.5. The summed E-state index contributed by atoms with van der Waals surface area (Å²) in [6.45, 7) is 3.39. The van der Waals surface area contributed by atoms with Crippen molar-refractivity contribution in [3.8, 4) is 0 Å². The van der Waals surface area contributed by atoms with Crippen LogP contribution in [0.5, 0.6) is 0 Å². The zero-order valence-corrected chi connectivity index (χ0v) is 17.4. The van der Waals surface area contributed by atoms with Gasteiger partial charge in [0.2, 0.25) is 0 Å². The first-order chi connectivity index (χ1) is 15.2. The largest absolute Gasteiger partial charge is 0.348 e. The fourth-order valence-corrected chi connectivity index (χ4v) is 3.37. The second-order valence-electron chi connectivity index (χ2n) is 7.33. The molecule has 1 amide bonds. The van der Waals surface area contributed by atoms with Crippen molar-refractivity contribution < 1.29 is 4.79 Å². The van der Waals surface area contributed by atoms with Gasteiger partial charge in [0.05, 0.1) is 16.9 Å². The SMILES string of the molecule is Cc1nc(N(Cc2ccccc2)Cc2ccccc2)ccc1NC(=O)c1cccnc1.